The first-order valence-corrected chi connectivity index (χ1v) is 5.84. The van der Waals surface area contributed by atoms with Gasteiger partial charge in [-0.3, -0.25) is 4.79 Å². The maximum Gasteiger partial charge on any atom is 0.573 e. The predicted octanol–water partition coefficient (Wildman–Crippen LogP) is 3.00. The van der Waals surface area contributed by atoms with Crippen LogP contribution in [0, 0.1) is 11.8 Å². The zero-order valence-corrected chi connectivity index (χ0v) is 10.7. The Morgan fingerprint density at radius 1 is 1.37 bits per heavy atom. The lowest BCUT2D eigenvalue weighted by Crippen LogP contribution is -2.28. The summed E-state index contributed by atoms with van der Waals surface area (Å²) in [5.74, 6) is -1.08. The molecule has 1 atom stereocenters. The minimum Gasteiger partial charge on any atom is -0.406 e. The number of nitrogens with two attached hydrogens (primary N) is 1. The van der Waals surface area contributed by atoms with Gasteiger partial charge in [0.05, 0.1) is 0 Å². The largest absolute Gasteiger partial charge is 0.573 e. The standard InChI is InChI=1S/C13H16F3NO2/c1-8(2)11(7-17)12(18)9-4-3-5-10(6-9)19-13(14,15)16/h3-6,8,11H,7,17H2,1-2H3. The molecule has 0 aliphatic heterocycles. The molecule has 6 heteroatoms. The lowest BCUT2D eigenvalue weighted by Gasteiger charge is -2.18. The van der Waals surface area contributed by atoms with Gasteiger partial charge in [0, 0.05) is 18.0 Å². The summed E-state index contributed by atoms with van der Waals surface area (Å²) in [5, 5.41) is 0. The molecule has 0 amide bonds. The molecule has 0 bridgehead atoms. The van der Waals surface area contributed by atoms with E-state index < -0.39 is 18.0 Å². The molecule has 0 radical (unpaired) electrons. The SMILES string of the molecule is CC(C)C(CN)C(=O)c1cccc(OC(F)(F)F)c1. The zero-order chi connectivity index (χ0) is 14.6. The van der Waals surface area contributed by atoms with Crippen LogP contribution < -0.4 is 10.5 Å². The van der Waals surface area contributed by atoms with E-state index in [1.165, 1.54) is 12.1 Å². The number of benzene rings is 1. The monoisotopic (exact) mass is 275 g/mol. The third-order valence-corrected chi connectivity index (χ3v) is 2.75. The molecule has 3 nitrogen and oxygen atoms in total. The number of rotatable bonds is 5. The fourth-order valence-corrected chi connectivity index (χ4v) is 1.74. The van der Waals surface area contributed by atoms with Crippen molar-refractivity contribution in [2.75, 3.05) is 6.54 Å². The molecule has 1 rings (SSSR count). The van der Waals surface area contributed by atoms with Gasteiger partial charge in [-0.2, -0.15) is 0 Å². The lowest BCUT2D eigenvalue weighted by molar-refractivity contribution is -0.274. The van der Waals surface area contributed by atoms with Gasteiger partial charge >= 0.3 is 6.36 Å². The third-order valence-electron chi connectivity index (χ3n) is 2.75. The molecular formula is C13H16F3NO2. The second-order valence-corrected chi connectivity index (χ2v) is 4.53. The number of hydrogen-bond donors (Lipinski definition) is 1. The van der Waals surface area contributed by atoms with Gasteiger partial charge in [0.1, 0.15) is 5.75 Å². The van der Waals surface area contributed by atoms with Crippen molar-refractivity contribution in [1.82, 2.24) is 0 Å². The Morgan fingerprint density at radius 2 is 2.00 bits per heavy atom. The highest BCUT2D eigenvalue weighted by molar-refractivity contribution is 5.98. The van der Waals surface area contributed by atoms with Crippen molar-refractivity contribution in [3.63, 3.8) is 0 Å². The van der Waals surface area contributed by atoms with Crippen molar-refractivity contribution in [2.24, 2.45) is 17.6 Å². The van der Waals surface area contributed by atoms with E-state index in [9.17, 15) is 18.0 Å². The van der Waals surface area contributed by atoms with E-state index in [0.717, 1.165) is 12.1 Å². The summed E-state index contributed by atoms with van der Waals surface area (Å²) in [6.07, 6.45) is -4.77. The number of carbonyl (C=O) groups is 1. The van der Waals surface area contributed by atoms with E-state index in [-0.39, 0.29) is 23.8 Å². The average molecular weight is 275 g/mol. The zero-order valence-electron chi connectivity index (χ0n) is 10.7. The van der Waals surface area contributed by atoms with Crippen molar-refractivity contribution >= 4 is 5.78 Å². The molecule has 0 saturated carbocycles. The van der Waals surface area contributed by atoms with Crippen molar-refractivity contribution in [3.05, 3.63) is 29.8 Å². The van der Waals surface area contributed by atoms with Gasteiger partial charge in [-0.15, -0.1) is 13.2 Å². The van der Waals surface area contributed by atoms with E-state index in [2.05, 4.69) is 4.74 Å². The van der Waals surface area contributed by atoms with Crippen LogP contribution in [-0.2, 0) is 0 Å². The lowest BCUT2D eigenvalue weighted by atomic mass is 9.88. The summed E-state index contributed by atoms with van der Waals surface area (Å²) in [6.45, 7) is 3.83. The number of Topliss-reactive ketones (excluding diaryl/α,β-unsaturated/α-hetero) is 1. The highest BCUT2D eigenvalue weighted by Gasteiger charge is 2.31. The van der Waals surface area contributed by atoms with Gasteiger partial charge in [-0.25, -0.2) is 0 Å². The maximum absolute atomic E-state index is 12.1. The van der Waals surface area contributed by atoms with Crippen LogP contribution in [0.2, 0.25) is 0 Å². The molecule has 106 valence electrons. The van der Waals surface area contributed by atoms with Crippen LogP contribution in [0.15, 0.2) is 24.3 Å². The second kappa shape index (κ2) is 6.06. The van der Waals surface area contributed by atoms with Crippen LogP contribution in [0.4, 0.5) is 13.2 Å². The van der Waals surface area contributed by atoms with Crippen molar-refractivity contribution in [1.29, 1.82) is 0 Å². The average Bonchev–Trinajstić information content (AvgIpc) is 2.27. The first-order chi connectivity index (χ1) is 8.74. The van der Waals surface area contributed by atoms with Crippen LogP contribution in [0.5, 0.6) is 5.75 Å². The molecule has 0 aliphatic carbocycles. The Labute approximate surface area is 109 Å². The van der Waals surface area contributed by atoms with Crippen molar-refractivity contribution in [3.8, 4) is 5.75 Å². The summed E-state index contributed by atoms with van der Waals surface area (Å²) in [4.78, 5) is 12.1. The van der Waals surface area contributed by atoms with E-state index in [4.69, 9.17) is 5.73 Å². The second-order valence-electron chi connectivity index (χ2n) is 4.53. The molecule has 2 N–H and O–H groups in total. The molecule has 0 saturated heterocycles. The van der Waals surface area contributed by atoms with E-state index in [0.29, 0.717) is 0 Å². The fraction of sp³-hybridized carbons (Fsp3) is 0.462. The normalized spacial score (nSPS) is 13.4. The number of hydrogen-bond acceptors (Lipinski definition) is 3. The van der Waals surface area contributed by atoms with Gasteiger partial charge in [-0.1, -0.05) is 26.0 Å². The minimum absolute atomic E-state index is 0.0182. The Balaban J connectivity index is 2.96. The summed E-state index contributed by atoms with van der Waals surface area (Å²) in [6, 6.07) is 5.04. The Bertz CT molecular complexity index is 444. The molecule has 1 unspecified atom stereocenters. The Morgan fingerprint density at radius 3 is 2.47 bits per heavy atom. The van der Waals surface area contributed by atoms with Crippen LogP contribution >= 0.6 is 0 Å². The van der Waals surface area contributed by atoms with Gasteiger partial charge in [0.25, 0.3) is 0 Å². The molecule has 0 aromatic heterocycles. The highest BCUT2D eigenvalue weighted by Crippen LogP contribution is 2.25. The highest BCUT2D eigenvalue weighted by atomic mass is 19.4. The molecule has 19 heavy (non-hydrogen) atoms. The fourth-order valence-electron chi connectivity index (χ4n) is 1.74. The van der Waals surface area contributed by atoms with Crippen molar-refractivity contribution < 1.29 is 22.7 Å². The topological polar surface area (TPSA) is 52.3 Å². The number of carbonyl (C=O) groups excluding carboxylic acids is 1. The van der Waals surface area contributed by atoms with Crippen LogP contribution in [-0.4, -0.2) is 18.7 Å². The summed E-state index contributed by atoms with van der Waals surface area (Å²) >= 11 is 0. The molecule has 0 spiro atoms. The van der Waals surface area contributed by atoms with Gasteiger partial charge in [0.2, 0.25) is 0 Å². The van der Waals surface area contributed by atoms with Gasteiger partial charge in [0.15, 0.2) is 5.78 Å². The Hall–Kier alpha value is -1.56. The predicted molar refractivity (Wildman–Crippen MR) is 64.8 cm³/mol. The van der Waals surface area contributed by atoms with E-state index in [1.54, 1.807) is 0 Å². The number of halogens is 3. The van der Waals surface area contributed by atoms with Crippen molar-refractivity contribution in [2.45, 2.75) is 20.2 Å². The minimum atomic E-state index is -4.77. The van der Waals surface area contributed by atoms with Crippen LogP contribution in [0.1, 0.15) is 24.2 Å². The van der Waals surface area contributed by atoms with E-state index in [1.807, 2.05) is 13.8 Å². The smallest absolute Gasteiger partial charge is 0.406 e. The Kier molecular flexibility index (Phi) is 4.94. The molecular weight excluding hydrogens is 259 g/mol. The quantitative estimate of drug-likeness (QED) is 0.840. The molecule has 0 aliphatic rings. The molecule has 0 heterocycles. The summed E-state index contributed by atoms with van der Waals surface area (Å²) < 4.78 is 40.1. The molecule has 1 aromatic rings. The maximum atomic E-state index is 12.1. The third kappa shape index (κ3) is 4.55. The first-order valence-electron chi connectivity index (χ1n) is 5.84. The van der Waals surface area contributed by atoms with Crippen LogP contribution in [0.3, 0.4) is 0 Å². The summed E-state index contributed by atoms with van der Waals surface area (Å²) in [5.41, 5.74) is 5.69. The van der Waals surface area contributed by atoms with E-state index >= 15 is 0 Å². The number of ketones is 1. The van der Waals surface area contributed by atoms with Gasteiger partial charge < -0.3 is 10.5 Å². The summed E-state index contributed by atoms with van der Waals surface area (Å²) in [7, 11) is 0. The molecule has 1 aromatic carbocycles. The number of alkyl halides is 3. The van der Waals surface area contributed by atoms with Gasteiger partial charge in [-0.05, 0) is 18.1 Å². The first kappa shape index (κ1) is 15.5. The molecule has 0 fully saturated rings. The van der Waals surface area contributed by atoms with Crippen LogP contribution in [0.25, 0.3) is 0 Å². The number of ether oxygens (including phenoxy) is 1.